The van der Waals surface area contributed by atoms with E-state index in [-0.39, 0.29) is 44.7 Å². The third kappa shape index (κ3) is 11.0. The van der Waals surface area contributed by atoms with Crippen molar-refractivity contribution in [2.24, 2.45) is 0 Å². The molecule has 3 saturated heterocycles. The van der Waals surface area contributed by atoms with Gasteiger partial charge in [-0.05, 0) is 80.7 Å². The summed E-state index contributed by atoms with van der Waals surface area (Å²) in [7, 11) is 4.57. The van der Waals surface area contributed by atoms with Crippen LogP contribution in [0.15, 0.2) is 60.7 Å². The Hall–Kier alpha value is -4.64. The zero-order chi connectivity index (χ0) is 45.1. The normalized spacial score (nSPS) is 19.1. The second-order valence-electron chi connectivity index (χ2n) is 16.4. The quantitative estimate of drug-likeness (QED) is 0.178. The highest BCUT2D eigenvalue weighted by Crippen LogP contribution is 2.44. The first-order chi connectivity index (χ1) is 30.4. The van der Waals surface area contributed by atoms with Crippen LogP contribution >= 0.6 is 23.2 Å². The minimum absolute atomic E-state index is 0.0191. The van der Waals surface area contributed by atoms with Crippen LogP contribution in [0, 0.1) is 0 Å². The largest absolute Gasteiger partial charge is 0.493 e. The summed E-state index contributed by atoms with van der Waals surface area (Å²) in [5.74, 6) is 0.111. The second kappa shape index (κ2) is 21.8. The highest BCUT2D eigenvalue weighted by atomic mass is 35.5. The number of aliphatic hydroxyl groups excluding tert-OH is 2. The van der Waals surface area contributed by atoms with Crippen LogP contribution in [-0.2, 0) is 30.0 Å². The van der Waals surface area contributed by atoms with Crippen molar-refractivity contribution in [1.29, 1.82) is 0 Å². The molecule has 3 amide bonds. The summed E-state index contributed by atoms with van der Waals surface area (Å²) in [5.41, 5.74) is 1.32. The van der Waals surface area contributed by atoms with Crippen LogP contribution in [0.4, 0.5) is 0 Å². The van der Waals surface area contributed by atoms with Gasteiger partial charge in [0.1, 0.15) is 0 Å². The Morgan fingerprint density at radius 2 is 1.37 bits per heavy atom. The van der Waals surface area contributed by atoms with Gasteiger partial charge in [-0.1, -0.05) is 59.6 Å². The van der Waals surface area contributed by atoms with Crippen LogP contribution in [-0.4, -0.2) is 178 Å². The summed E-state index contributed by atoms with van der Waals surface area (Å²) in [6, 6.07) is 19.1. The molecule has 0 aromatic heterocycles. The van der Waals surface area contributed by atoms with Crippen molar-refractivity contribution in [3.05, 3.63) is 87.4 Å². The highest BCUT2D eigenvalue weighted by Gasteiger charge is 2.47. The standard InChI is InChI=1S/C46H59Cl2N5O10/c1-60-38-27-33(28-39(61-2)42(38)62-3)43(58)53-18-12-45(32-53,35-9-10-36(47)37(48)29-35)11-15-49-16-13-46(14-17-49,34-7-5-4-6-8-34)44(59)52-21-19-50(20-22-52)30-41(57)63-31-40(56)51(23-25-54)24-26-55/h4-10,27-29,54-55H,11-26,30-32H2,1-3H3/t45-/m0/s1. The molecule has 3 fully saturated rings. The molecule has 63 heavy (non-hydrogen) atoms. The number of esters is 1. The van der Waals surface area contributed by atoms with E-state index < -0.39 is 29.3 Å². The molecule has 3 aromatic rings. The summed E-state index contributed by atoms with van der Waals surface area (Å²) >= 11 is 13.0. The van der Waals surface area contributed by atoms with Crippen LogP contribution in [0.25, 0.3) is 0 Å². The number of aliphatic hydroxyl groups is 2. The fourth-order valence-electron chi connectivity index (χ4n) is 9.23. The van der Waals surface area contributed by atoms with Crippen LogP contribution in [0.2, 0.25) is 10.0 Å². The van der Waals surface area contributed by atoms with E-state index >= 15 is 0 Å². The molecule has 3 aliphatic heterocycles. The Morgan fingerprint density at radius 3 is 1.95 bits per heavy atom. The number of likely N-dealkylation sites (tertiary alicyclic amines) is 2. The van der Waals surface area contributed by atoms with E-state index in [4.69, 9.17) is 42.1 Å². The van der Waals surface area contributed by atoms with Gasteiger partial charge in [-0.25, -0.2) is 0 Å². The number of hydrogen-bond donors (Lipinski definition) is 2. The van der Waals surface area contributed by atoms with Gasteiger partial charge >= 0.3 is 5.97 Å². The Morgan fingerprint density at radius 1 is 0.714 bits per heavy atom. The fourth-order valence-corrected chi connectivity index (χ4v) is 9.53. The lowest BCUT2D eigenvalue weighted by molar-refractivity contribution is -0.154. The molecular formula is C46H59Cl2N5O10. The Bertz CT molecular complexity index is 2030. The first kappa shape index (κ1) is 47.8. The van der Waals surface area contributed by atoms with Crippen molar-refractivity contribution in [2.75, 3.05) is 120 Å². The maximum Gasteiger partial charge on any atom is 0.320 e. The number of rotatable bonds is 18. The zero-order valence-corrected chi connectivity index (χ0v) is 37.9. The fraction of sp³-hybridized carbons (Fsp3) is 0.522. The molecule has 2 N–H and O–H groups in total. The summed E-state index contributed by atoms with van der Waals surface area (Å²) in [6.07, 6.45) is 2.73. The monoisotopic (exact) mass is 911 g/mol. The van der Waals surface area contributed by atoms with Gasteiger partial charge in [0.05, 0.1) is 56.5 Å². The predicted octanol–water partition coefficient (Wildman–Crippen LogP) is 3.73. The smallest absolute Gasteiger partial charge is 0.320 e. The maximum atomic E-state index is 14.7. The lowest BCUT2D eigenvalue weighted by Gasteiger charge is -2.46. The molecule has 15 nitrogen and oxygen atoms in total. The molecule has 0 spiro atoms. The van der Waals surface area contributed by atoms with E-state index in [2.05, 4.69) is 4.90 Å². The Kier molecular flexibility index (Phi) is 16.6. The number of piperazine rings is 1. The van der Waals surface area contributed by atoms with Gasteiger partial charge in [0.2, 0.25) is 11.7 Å². The number of halogens is 2. The molecular weight excluding hydrogens is 853 g/mol. The number of hydrogen-bond acceptors (Lipinski definition) is 12. The summed E-state index contributed by atoms with van der Waals surface area (Å²) in [4.78, 5) is 63.2. The van der Waals surface area contributed by atoms with E-state index in [1.54, 1.807) is 12.1 Å². The topological polar surface area (TPSA) is 162 Å². The molecule has 0 bridgehead atoms. The molecule has 342 valence electrons. The van der Waals surface area contributed by atoms with Crippen molar-refractivity contribution in [3.8, 4) is 17.2 Å². The summed E-state index contributed by atoms with van der Waals surface area (Å²) in [5, 5.41) is 19.3. The molecule has 17 heteroatoms. The molecule has 3 aromatic carbocycles. The van der Waals surface area contributed by atoms with E-state index in [1.807, 2.05) is 63.2 Å². The van der Waals surface area contributed by atoms with Gasteiger partial charge in [0, 0.05) is 63.3 Å². The maximum absolute atomic E-state index is 14.7. The molecule has 1 atom stereocenters. The number of amides is 3. The molecule has 6 rings (SSSR count). The first-order valence-electron chi connectivity index (χ1n) is 21.4. The minimum atomic E-state index is -0.716. The SMILES string of the molecule is COc1cc(C(=O)N2CC[C@](CCN3CCC(C(=O)N4CCN(CC(=O)OCC(=O)N(CCO)CCO)CC4)(c4ccccc4)CC3)(c3ccc(Cl)c(Cl)c3)C2)cc(OC)c1OC. The van der Waals surface area contributed by atoms with Crippen LogP contribution < -0.4 is 14.2 Å². The van der Waals surface area contributed by atoms with Crippen LogP contribution in [0.1, 0.15) is 47.2 Å². The summed E-state index contributed by atoms with van der Waals surface area (Å²) < 4.78 is 21.8. The third-order valence-electron chi connectivity index (χ3n) is 12.9. The van der Waals surface area contributed by atoms with E-state index in [9.17, 15) is 29.4 Å². The van der Waals surface area contributed by atoms with Crippen molar-refractivity contribution in [3.63, 3.8) is 0 Å². The number of ether oxygens (including phenoxy) is 4. The average Bonchev–Trinajstić information content (AvgIpc) is 3.76. The predicted molar refractivity (Wildman–Crippen MR) is 238 cm³/mol. The molecule has 0 aliphatic carbocycles. The van der Waals surface area contributed by atoms with Gasteiger partial charge in [0.15, 0.2) is 18.1 Å². The van der Waals surface area contributed by atoms with E-state index in [1.165, 1.54) is 26.2 Å². The Labute approximate surface area is 379 Å². The molecule has 0 unspecified atom stereocenters. The first-order valence-corrected chi connectivity index (χ1v) is 22.2. The van der Waals surface area contributed by atoms with Gasteiger partial charge in [0.25, 0.3) is 11.8 Å². The lowest BCUT2D eigenvalue weighted by Crippen LogP contribution is -2.58. The molecule has 0 saturated carbocycles. The van der Waals surface area contributed by atoms with E-state index in [0.29, 0.717) is 98.1 Å². The van der Waals surface area contributed by atoms with Crippen molar-refractivity contribution >= 4 is 46.9 Å². The minimum Gasteiger partial charge on any atom is -0.493 e. The number of nitrogens with zero attached hydrogens (tertiary/aromatic N) is 5. The van der Waals surface area contributed by atoms with Crippen LogP contribution in [0.5, 0.6) is 17.2 Å². The molecule has 0 radical (unpaired) electrons. The number of piperidine rings is 1. The Balaban J connectivity index is 1.10. The van der Waals surface area contributed by atoms with Crippen molar-refractivity contribution in [1.82, 2.24) is 24.5 Å². The van der Waals surface area contributed by atoms with Crippen LogP contribution in [0.3, 0.4) is 0 Å². The molecule has 3 aliphatic rings. The summed E-state index contributed by atoms with van der Waals surface area (Å²) in [6.45, 7) is 4.04. The third-order valence-corrected chi connectivity index (χ3v) is 13.6. The van der Waals surface area contributed by atoms with Crippen molar-refractivity contribution < 1.29 is 48.3 Å². The average molecular weight is 913 g/mol. The zero-order valence-electron chi connectivity index (χ0n) is 36.4. The van der Waals surface area contributed by atoms with Gasteiger partial charge in [-0.3, -0.25) is 24.1 Å². The highest BCUT2D eigenvalue weighted by molar-refractivity contribution is 6.42. The second-order valence-corrected chi connectivity index (χ2v) is 17.2. The van der Waals surface area contributed by atoms with Gasteiger partial charge in [-0.2, -0.15) is 0 Å². The number of benzene rings is 3. The lowest BCUT2D eigenvalue weighted by atomic mass is 9.71. The number of carbonyl (C=O) groups excluding carboxylic acids is 4. The van der Waals surface area contributed by atoms with E-state index in [0.717, 1.165) is 30.5 Å². The van der Waals surface area contributed by atoms with Crippen molar-refractivity contribution in [2.45, 2.75) is 36.5 Å². The van der Waals surface area contributed by atoms with Gasteiger partial charge in [-0.15, -0.1) is 0 Å². The molecule has 3 heterocycles. The number of carbonyl (C=O) groups is 4. The number of methoxy groups -OCH3 is 3. The van der Waals surface area contributed by atoms with Gasteiger partial charge < -0.3 is 48.8 Å².